The maximum absolute atomic E-state index is 7.57. The molecule has 0 aliphatic heterocycles. The zero-order valence-corrected chi connectivity index (χ0v) is 3.60. The Balaban J connectivity index is 0. The fourth-order valence-electron chi connectivity index (χ4n) is 0. The molecule has 4 nitrogen and oxygen atoms in total. The van der Waals surface area contributed by atoms with E-state index in [1.165, 1.54) is 0 Å². The van der Waals surface area contributed by atoms with Gasteiger partial charge < -0.3 is 5.11 Å². The minimum atomic E-state index is 0.250. The molecule has 0 fully saturated rings. The van der Waals surface area contributed by atoms with Crippen LogP contribution in [0, 0.1) is 11.1 Å². The number of hydrogen-bond acceptors (Lipinski definition) is 3. The van der Waals surface area contributed by atoms with Crippen molar-refractivity contribution in [1.82, 2.24) is 4.91 Å². The average molecular weight is 90.1 g/mol. The van der Waals surface area contributed by atoms with Crippen LogP contribution < -0.4 is 4.91 Å². The van der Waals surface area contributed by atoms with Crippen LogP contribution in [0.25, 0.3) is 0 Å². The highest BCUT2D eigenvalue weighted by Gasteiger charge is 1.34. The van der Waals surface area contributed by atoms with Gasteiger partial charge in [-0.15, -0.1) is 0 Å². The fourth-order valence-corrected chi connectivity index (χ4v) is 0. The Kier molecular flexibility index (Phi) is 42.4. The van der Waals surface area contributed by atoms with Crippen LogP contribution in [-0.4, -0.2) is 11.7 Å². The molecule has 3 N–H and O–H groups in total. The highest BCUT2D eigenvalue weighted by atomic mass is 16.2. The third-order valence-electron chi connectivity index (χ3n) is 0. The number of aliphatic hydroxyl groups excluding tert-OH is 1. The molecule has 0 aliphatic carbocycles. The summed E-state index contributed by atoms with van der Waals surface area (Å²) in [5.41, 5.74) is 11.0. The zero-order chi connectivity index (χ0) is 5.41. The lowest BCUT2D eigenvalue weighted by Gasteiger charge is -1.52. The van der Waals surface area contributed by atoms with Crippen molar-refractivity contribution in [2.24, 2.45) is 0 Å². The molecule has 0 atom stereocenters. The Morgan fingerprint density at radius 1 is 1.67 bits per heavy atom. The third-order valence-corrected chi connectivity index (χ3v) is 0. The number of hydrogen-bond donors (Lipinski definition) is 3. The molecule has 0 saturated heterocycles. The van der Waals surface area contributed by atoms with Crippen molar-refractivity contribution in [3.05, 3.63) is 0 Å². The van der Waals surface area contributed by atoms with E-state index in [9.17, 15) is 0 Å². The van der Waals surface area contributed by atoms with E-state index in [-0.39, 0.29) is 6.61 Å². The van der Waals surface area contributed by atoms with Gasteiger partial charge in [-0.2, -0.15) is 0 Å². The van der Waals surface area contributed by atoms with Gasteiger partial charge in [0.05, 0.1) is 0 Å². The van der Waals surface area contributed by atoms with Gasteiger partial charge in [0, 0.05) is 6.61 Å². The van der Waals surface area contributed by atoms with Crippen LogP contribution in [-0.2, 0) is 0 Å². The Morgan fingerprint density at radius 2 is 1.67 bits per heavy atom. The van der Waals surface area contributed by atoms with Crippen molar-refractivity contribution in [2.45, 2.75) is 6.92 Å². The monoisotopic (exact) mass is 90.1 g/mol. The van der Waals surface area contributed by atoms with E-state index >= 15 is 0 Å². The molecule has 0 unspecified atom stereocenters. The van der Waals surface area contributed by atoms with E-state index in [0.29, 0.717) is 0 Å². The normalized spacial score (nSPS) is 4.33. The largest absolute Gasteiger partial charge is 0.397 e. The van der Waals surface area contributed by atoms with Gasteiger partial charge in [0.1, 0.15) is 11.1 Å². The van der Waals surface area contributed by atoms with Gasteiger partial charge in [-0.25, -0.2) is 0 Å². The third kappa shape index (κ3) is 31.6. The molecule has 0 aromatic rings. The second kappa shape index (κ2) is 28.3. The molecule has 0 heterocycles. The lowest BCUT2D eigenvalue weighted by Crippen LogP contribution is -1.57. The van der Waals surface area contributed by atoms with Gasteiger partial charge in [-0.1, -0.05) is 0 Å². The molecular weight excluding hydrogens is 82.0 g/mol. The molecule has 0 aromatic carbocycles. The molecular formula is C2H8N3O+. The molecule has 0 bridgehead atoms. The highest BCUT2D eigenvalue weighted by molar-refractivity contribution is 3.84. The highest BCUT2D eigenvalue weighted by Crippen LogP contribution is 1.30. The molecule has 6 heavy (non-hydrogen) atoms. The van der Waals surface area contributed by atoms with Gasteiger partial charge in [-0.05, 0) is 6.92 Å². The summed E-state index contributed by atoms with van der Waals surface area (Å²) in [6.07, 6.45) is 0. The molecule has 0 amide bonds. The summed E-state index contributed by atoms with van der Waals surface area (Å²) in [4.78, 5) is 2.00. The minimum Gasteiger partial charge on any atom is -0.397 e. The average Bonchev–Trinajstić information content (AvgIpc) is 1.39. The number of nitrogens with one attached hydrogen (secondary N) is 2. The van der Waals surface area contributed by atoms with Crippen LogP contribution in [0.1, 0.15) is 6.92 Å². The lowest BCUT2D eigenvalue weighted by molar-refractivity contribution is 0.318. The first kappa shape index (κ1) is 8.99. The van der Waals surface area contributed by atoms with Gasteiger partial charge in [0.25, 0.3) is 0 Å². The van der Waals surface area contributed by atoms with Crippen LogP contribution in [0.5, 0.6) is 0 Å². The topological polar surface area (TPSA) is 82.0 Å². The van der Waals surface area contributed by atoms with Gasteiger partial charge >= 0.3 is 0 Å². The van der Waals surface area contributed by atoms with E-state index in [0.717, 1.165) is 0 Å². The first-order chi connectivity index (χ1) is 2.83. The Labute approximate surface area is 35.8 Å². The first-order valence-electron chi connectivity index (χ1n) is 1.47. The molecule has 0 rings (SSSR count). The zero-order valence-electron chi connectivity index (χ0n) is 3.60. The van der Waals surface area contributed by atoms with Crippen molar-refractivity contribution in [1.29, 1.82) is 11.1 Å². The summed E-state index contributed by atoms with van der Waals surface area (Å²) >= 11 is 0. The summed E-state index contributed by atoms with van der Waals surface area (Å²) in [6.45, 7) is 1.93. The van der Waals surface area contributed by atoms with Crippen LogP contribution in [0.15, 0.2) is 0 Å². The van der Waals surface area contributed by atoms with Crippen molar-refractivity contribution in [3.63, 3.8) is 0 Å². The van der Waals surface area contributed by atoms with Crippen LogP contribution in [0.2, 0.25) is 0 Å². The van der Waals surface area contributed by atoms with E-state index in [1.54, 1.807) is 6.92 Å². The minimum absolute atomic E-state index is 0.250. The van der Waals surface area contributed by atoms with Crippen LogP contribution in [0.4, 0.5) is 0 Å². The summed E-state index contributed by atoms with van der Waals surface area (Å²) in [5.74, 6) is 0. The molecule has 0 aliphatic rings. The van der Waals surface area contributed by atoms with E-state index in [4.69, 9.17) is 16.2 Å². The Hall–Kier alpha value is -0.730. The summed E-state index contributed by atoms with van der Waals surface area (Å²) < 4.78 is 0. The molecule has 0 aromatic heterocycles. The number of nitrogens with zero attached hydrogens (tertiary/aromatic N) is 1. The Morgan fingerprint density at radius 3 is 1.67 bits per heavy atom. The molecule has 0 spiro atoms. The predicted molar refractivity (Wildman–Crippen MR) is 20.3 cm³/mol. The van der Waals surface area contributed by atoms with Crippen LogP contribution in [0.3, 0.4) is 0 Å². The van der Waals surface area contributed by atoms with Gasteiger partial charge in [0.2, 0.25) is 4.91 Å². The molecule has 4 heteroatoms. The maximum Gasteiger partial charge on any atom is 0.211 e. The second-order valence-electron chi connectivity index (χ2n) is 0.428. The molecule has 0 radical (unpaired) electrons. The quantitative estimate of drug-likeness (QED) is 0.286. The van der Waals surface area contributed by atoms with Crippen LogP contribution >= 0.6 is 0 Å². The summed E-state index contributed by atoms with van der Waals surface area (Å²) in [7, 11) is 0. The first-order valence-corrected chi connectivity index (χ1v) is 1.47. The SMILES string of the molecule is CCO.N=[N+]=N. The summed E-state index contributed by atoms with van der Waals surface area (Å²) in [5, 5.41) is 7.57. The standard InChI is InChI=1S/C2H6O.H2N3/c1-2-3;1-3-2/h3H,2H2,1H3;1-2H/q;+1. The smallest absolute Gasteiger partial charge is 0.211 e. The fraction of sp³-hybridized carbons (Fsp3) is 1.00. The number of aliphatic hydroxyl groups is 1. The van der Waals surface area contributed by atoms with Gasteiger partial charge in [0.15, 0.2) is 0 Å². The second-order valence-corrected chi connectivity index (χ2v) is 0.428. The van der Waals surface area contributed by atoms with E-state index in [2.05, 4.69) is 0 Å². The summed E-state index contributed by atoms with van der Waals surface area (Å²) in [6, 6.07) is 0. The molecule has 0 saturated carbocycles. The van der Waals surface area contributed by atoms with E-state index < -0.39 is 0 Å². The van der Waals surface area contributed by atoms with Crippen molar-refractivity contribution >= 4 is 0 Å². The van der Waals surface area contributed by atoms with Gasteiger partial charge in [-0.3, -0.25) is 0 Å². The maximum atomic E-state index is 7.57. The predicted octanol–water partition coefficient (Wildman–Crippen LogP) is 0.114. The molecule has 36 valence electrons. The van der Waals surface area contributed by atoms with Crippen molar-refractivity contribution < 1.29 is 5.11 Å². The number of rotatable bonds is 0. The Bertz CT molecular complexity index is 38.1. The van der Waals surface area contributed by atoms with Crippen molar-refractivity contribution in [3.8, 4) is 0 Å². The van der Waals surface area contributed by atoms with E-state index in [1.807, 2.05) is 4.91 Å². The lowest BCUT2D eigenvalue weighted by atomic mass is 10.9. The van der Waals surface area contributed by atoms with Crippen molar-refractivity contribution in [2.75, 3.05) is 6.61 Å².